The Balaban J connectivity index is 1.72. The third-order valence-corrected chi connectivity index (χ3v) is 3.42. The summed E-state index contributed by atoms with van der Waals surface area (Å²) in [6.45, 7) is 5.99. The summed E-state index contributed by atoms with van der Waals surface area (Å²) >= 11 is 0. The Morgan fingerprint density at radius 1 is 1.43 bits per heavy atom. The molecule has 82 valence electrons. The summed E-state index contributed by atoms with van der Waals surface area (Å²) in [4.78, 5) is 2.42. The molecule has 0 aromatic heterocycles. The second-order valence-corrected chi connectivity index (χ2v) is 4.93. The van der Waals surface area contributed by atoms with Crippen LogP contribution < -0.4 is 0 Å². The molecule has 2 fully saturated rings. The van der Waals surface area contributed by atoms with E-state index in [1.165, 1.54) is 12.8 Å². The van der Waals surface area contributed by atoms with Gasteiger partial charge in [0.05, 0.1) is 11.7 Å². The summed E-state index contributed by atoms with van der Waals surface area (Å²) in [6.07, 6.45) is 4.70. The number of hydrogen-bond acceptors (Lipinski definition) is 3. The first-order chi connectivity index (χ1) is 6.66. The molecule has 0 bridgehead atoms. The molecule has 14 heavy (non-hydrogen) atoms. The van der Waals surface area contributed by atoms with E-state index < -0.39 is 5.60 Å². The van der Waals surface area contributed by atoms with Crippen molar-refractivity contribution in [2.75, 3.05) is 26.2 Å². The van der Waals surface area contributed by atoms with E-state index in [0.29, 0.717) is 6.10 Å². The lowest BCUT2D eigenvalue weighted by Crippen LogP contribution is -2.44. The van der Waals surface area contributed by atoms with Gasteiger partial charge in [0.2, 0.25) is 0 Å². The fraction of sp³-hybridized carbons (Fsp3) is 1.00. The Hall–Kier alpha value is -0.120. The SMILES string of the molecule is CC1(O)CCN(CC2CCCO2)CC1. The smallest absolute Gasteiger partial charge is 0.0702 e. The van der Waals surface area contributed by atoms with Gasteiger partial charge in [-0.3, -0.25) is 0 Å². The predicted molar refractivity (Wildman–Crippen MR) is 55.3 cm³/mol. The molecule has 0 aliphatic carbocycles. The predicted octanol–water partition coefficient (Wildman–Crippen LogP) is 1.01. The lowest BCUT2D eigenvalue weighted by Gasteiger charge is -2.36. The maximum Gasteiger partial charge on any atom is 0.0702 e. The molecule has 2 aliphatic heterocycles. The zero-order valence-electron chi connectivity index (χ0n) is 9.04. The van der Waals surface area contributed by atoms with Crippen LogP contribution in [-0.4, -0.2) is 48.0 Å². The van der Waals surface area contributed by atoms with Gasteiger partial charge >= 0.3 is 0 Å². The van der Waals surface area contributed by atoms with Crippen LogP contribution in [0, 0.1) is 0 Å². The number of rotatable bonds is 2. The molecule has 0 aromatic carbocycles. The Morgan fingerprint density at radius 3 is 2.71 bits per heavy atom. The molecule has 0 radical (unpaired) electrons. The highest BCUT2D eigenvalue weighted by Gasteiger charge is 2.29. The number of hydrogen-bond donors (Lipinski definition) is 1. The lowest BCUT2D eigenvalue weighted by molar-refractivity contribution is -0.0188. The van der Waals surface area contributed by atoms with Crippen LogP contribution in [0.1, 0.15) is 32.6 Å². The van der Waals surface area contributed by atoms with Gasteiger partial charge in [0, 0.05) is 26.2 Å². The average molecular weight is 199 g/mol. The summed E-state index contributed by atoms with van der Waals surface area (Å²) in [5.74, 6) is 0. The second-order valence-electron chi connectivity index (χ2n) is 4.93. The van der Waals surface area contributed by atoms with Crippen molar-refractivity contribution in [1.82, 2.24) is 4.90 Å². The van der Waals surface area contributed by atoms with Gasteiger partial charge in [0.15, 0.2) is 0 Å². The van der Waals surface area contributed by atoms with Crippen LogP contribution in [-0.2, 0) is 4.74 Å². The van der Waals surface area contributed by atoms with Crippen LogP contribution in [0.4, 0.5) is 0 Å². The number of nitrogens with zero attached hydrogens (tertiary/aromatic N) is 1. The van der Waals surface area contributed by atoms with E-state index in [4.69, 9.17) is 4.74 Å². The van der Waals surface area contributed by atoms with Crippen molar-refractivity contribution in [2.45, 2.75) is 44.3 Å². The zero-order chi connectivity index (χ0) is 10.0. The molecule has 0 aromatic rings. The highest BCUT2D eigenvalue weighted by atomic mass is 16.5. The minimum atomic E-state index is -0.424. The van der Waals surface area contributed by atoms with Gasteiger partial charge in [-0.25, -0.2) is 0 Å². The monoisotopic (exact) mass is 199 g/mol. The normalized spacial score (nSPS) is 33.4. The molecule has 2 rings (SSSR count). The van der Waals surface area contributed by atoms with Crippen LogP contribution in [0.2, 0.25) is 0 Å². The number of likely N-dealkylation sites (tertiary alicyclic amines) is 1. The molecule has 0 amide bonds. The van der Waals surface area contributed by atoms with Gasteiger partial charge in [-0.15, -0.1) is 0 Å². The zero-order valence-corrected chi connectivity index (χ0v) is 9.04. The van der Waals surface area contributed by atoms with Gasteiger partial charge in [-0.05, 0) is 32.6 Å². The molecule has 2 aliphatic rings. The molecule has 3 nitrogen and oxygen atoms in total. The Labute approximate surface area is 86.0 Å². The molecule has 1 N–H and O–H groups in total. The van der Waals surface area contributed by atoms with Gasteiger partial charge in [-0.1, -0.05) is 0 Å². The molecular weight excluding hydrogens is 178 g/mol. The first-order valence-electron chi connectivity index (χ1n) is 5.72. The van der Waals surface area contributed by atoms with Crippen molar-refractivity contribution < 1.29 is 9.84 Å². The van der Waals surface area contributed by atoms with E-state index in [2.05, 4.69) is 4.90 Å². The number of piperidine rings is 1. The van der Waals surface area contributed by atoms with Crippen molar-refractivity contribution in [1.29, 1.82) is 0 Å². The fourth-order valence-corrected chi connectivity index (χ4v) is 2.29. The third kappa shape index (κ3) is 2.69. The van der Waals surface area contributed by atoms with Crippen LogP contribution in [0.5, 0.6) is 0 Å². The summed E-state index contributed by atoms with van der Waals surface area (Å²) < 4.78 is 5.60. The van der Waals surface area contributed by atoms with Crippen molar-refractivity contribution in [3.63, 3.8) is 0 Å². The average Bonchev–Trinajstić information content (AvgIpc) is 2.61. The maximum atomic E-state index is 9.80. The highest BCUT2D eigenvalue weighted by molar-refractivity contribution is 4.83. The minimum Gasteiger partial charge on any atom is -0.390 e. The number of aliphatic hydroxyl groups is 1. The molecule has 1 unspecified atom stereocenters. The standard InChI is InChI=1S/C11H21NO2/c1-11(13)4-6-12(7-5-11)9-10-3-2-8-14-10/h10,13H,2-9H2,1H3. The Morgan fingerprint density at radius 2 is 2.14 bits per heavy atom. The van der Waals surface area contributed by atoms with Crippen molar-refractivity contribution in [3.05, 3.63) is 0 Å². The first kappa shape index (κ1) is 10.4. The fourth-order valence-electron chi connectivity index (χ4n) is 2.29. The molecule has 2 saturated heterocycles. The van der Waals surface area contributed by atoms with Gasteiger partial charge < -0.3 is 14.7 Å². The second kappa shape index (κ2) is 4.17. The van der Waals surface area contributed by atoms with Gasteiger partial charge in [0.25, 0.3) is 0 Å². The molecular formula is C11H21NO2. The lowest BCUT2D eigenvalue weighted by atomic mass is 9.93. The topological polar surface area (TPSA) is 32.7 Å². The van der Waals surface area contributed by atoms with Crippen LogP contribution in [0.3, 0.4) is 0 Å². The first-order valence-corrected chi connectivity index (χ1v) is 5.72. The third-order valence-electron chi connectivity index (χ3n) is 3.42. The van der Waals surface area contributed by atoms with E-state index in [1.54, 1.807) is 0 Å². The maximum absolute atomic E-state index is 9.80. The van der Waals surface area contributed by atoms with Crippen molar-refractivity contribution in [2.24, 2.45) is 0 Å². The van der Waals surface area contributed by atoms with Gasteiger partial charge in [-0.2, -0.15) is 0 Å². The minimum absolute atomic E-state index is 0.424. The summed E-state index contributed by atoms with van der Waals surface area (Å²) in [5.41, 5.74) is -0.424. The van der Waals surface area contributed by atoms with E-state index in [9.17, 15) is 5.11 Å². The summed E-state index contributed by atoms with van der Waals surface area (Å²) in [5, 5.41) is 9.80. The molecule has 0 spiro atoms. The van der Waals surface area contributed by atoms with Crippen LogP contribution in [0.25, 0.3) is 0 Å². The quantitative estimate of drug-likeness (QED) is 0.720. The van der Waals surface area contributed by atoms with Crippen molar-refractivity contribution in [3.8, 4) is 0 Å². The number of ether oxygens (including phenoxy) is 1. The van der Waals surface area contributed by atoms with Crippen LogP contribution in [0.15, 0.2) is 0 Å². The largest absolute Gasteiger partial charge is 0.390 e. The Bertz CT molecular complexity index is 178. The molecule has 1 atom stereocenters. The van der Waals surface area contributed by atoms with Crippen molar-refractivity contribution >= 4 is 0 Å². The summed E-state index contributed by atoms with van der Waals surface area (Å²) in [7, 11) is 0. The van der Waals surface area contributed by atoms with Gasteiger partial charge in [0.1, 0.15) is 0 Å². The van der Waals surface area contributed by atoms with E-state index in [1.807, 2.05) is 6.92 Å². The summed E-state index contributed by atoms with van der Waals surface area (Å²) in [6, 6.07) is 0. The molecule has 3 heteroatoms. The van der Waals surface area contributed by atoms with E-state index >= 15 is 0 Å². The van der Waals surface area contributed by atoms with Crippen LogP contribution >= 0.6 is 0 Å². The van der Waals surface area contributed by atoms with E-state index in [0.717, 1.165) is 39.1 Å². The molecule has 2 heterocycles. The Kier molecular flexibility index (Phi) is 3.10. The molecule has 0 saturated carbocycles. The highest BCUT2D eigenvalue weighted by Crippen LogP contribution is 2.22. The van der Waals surface area contributed by atoms with E-state index in [-0.39, 0.29) is 0 Å².